The fraction of sp³-hybridized carbons (Fsp3) is 0.462. The van der Waals surface area contributed by atoms with Gasteiger partial charge in [0.1, 0.15) is 5.82 Å². The summed E-state index contributed by atoms with van der Waals surface area (Å²) >= 11 is 0. The zero-order chi connectivity index (χ0) is 14.4. The highest BCUT2D eigenvalue weighted by Crippen LogP contribution is 2.29. The van der Waals surface area contributed by atoms with Crippen LogP contribution in [0.2, 0.25) is 0 Å². The molecule has 1 aromatic rings. The second kappa shape index (κ2) is 6.85. The van der Waals surface area contributed by atoms with Crippen molar-refractivity contribution in [2.24, 2.45) is 5.92 Å². The summed E-state index contributed by atoms with van der Waals surface area (Å²) in [6.07, 6.45) is 3.84. The maximum Gasteiger partial charge on any atom is 0.317 e. The Morgan fingerprint density at radius 1 is 1.35 bits per heavy atom. The first-order chi connectivity index (χ1) is 9.63. The number of aromatic nitrogens is 1. The molecule has 108 valence electrons. The lowest BCUT2D eigenvalue weighted by molar-refractivity contribution is -0.138. The van der Waals surface area contributed by atoms with Crippen LogP contribution < -0.4 is 10.9 Å². The van der Waals surface area contributed by atoms with E-state index in [0.29, 0.717) is 18.3 Å². The van der Waals surface area contributed by atoms with E-state index in [1.165, 1.54) is 0 Å². The van der Waals surface area contributed by atoms with Crippen LogP contribution in [0, 0.1) is 5.92 Å². The van der Waals surface area contributed by atoms with Crippen molar-refractivity contribution in [1.29, 1.82) is 0 Å². The minimum atomic E-state index is -0.920. The topological polar surface area (TPSA) is 94.6 Å². The van der Waals surface area contributed by atoms with Crippen LogP contribution in [0.25, 0.3) is 0 Å². The van der Waals surface area contributed by atoms with Gasteiger partial charge in [0.15, 0.2) is 0 Å². The highest BCUT2D eigenvalue weighted by Gasteiger charge is 2.26. The number of nitrogens with zero attached hydrogens (tertiary/aromatic N) is 2. The summed E-state index contributed by atoms with van der Waals surface area (Å²) in [5, 5.41) is 8.84. The molecule has 0 unspecified atom stereocenters. The SMILES string of the molecule is O=C(O)CN(CC(=O)NNc1ccccn1)CC1CC1. The predicted octanol–water partition coefficient (Wildman–Crippen LogP) is 0.321. The molecule has 20 heavy (non-hydrogen) atoms. The van der Waals surface area contributed by atoms with E-state index >= 15 is 0 Å². The summed E-state index contributed by atoms with van der Waals surface area (Å²) in [7, 11) is 0. The summed E-state index contributed by atoms with van der Waals surface area (Å²) < 4.78 is 0. The van der Waals surface area contributed by atoms with Crippen molar-refractivity contribution in [1.82, 2.24) is 15.3 Å². The number of hydrazine groups is 1. The molecule has 2 rings (SSSR count). The normalized spacial score (nSPS) is 14.1. The molecule has 0 atom stereocenters. The summed E-state index contributed by atoms with van der Waals surface area (Å²) in [6.45, 7) is 0.597. The lowest BCUT2D eigenvalue weighted by Crippen LogP contribution is -2.42. The molecule has 3 N–H and O–H groups in total. The van der Waals surface area contributed by atoms with E-state index in [9.17, 15) is 9.59 Å². The number of hydrogen-bond donors (Lipinski definition) is 3. The minimum Gasteiger partial charge on any atom is -0.480 e. The highest BCUT2D eigenvalue weighted by molar-refractivity contribution is 5.80. The molecule has 0 aromatic carbocycles. The number of rotatable bonds is 8. The molecular formula is C13H18N4O3. The summed E-state index contributed by atoms with van der Waals surface area (Å²) in [5.41, 5.74) is 5.20. The predicted molar refractivity (Wildman–Crippen MR) is 72.8 cm³/mol. The molecule has 1 fully saturated rings. The lowest BCUT2D eigenvalue weighted by Gasteiger charge is -2.19. The number of anilines is 1. The molecule has 0 radical (unpaired) electrons. The van der Waals surface area contributed by atoms with Crippen LogP contribution in [0.1, 0.15) is 12.8 Å². The van der Waals surface area contributed by atoms with Crippen LogP contribution in [0.4, 0.5) is 5.82 Å². The van der Waals surface area contributed by atoms with E-state index in [-0.39, 0.29) is 19.0 Å². The first-order valence-corrected chi connectivity index (χ1v) is 6.53. The zero-order valence-corrected chi connectivity index (χ0v) is 11.1. The number of amides is 1. The van der Waals surface area contributed by atoms with Gasteiger partial charge in [0, 0.05) is 12.7 Å². The third kappa shape index (κ3) is 5.23. The Balaban J connectivity index is 1.76. The van der Waals surface area contributed by atoms with Gasteiger partial charge in [0.25, 0.3) is 5.91 Å². The highest BCUT2D eigenvalue weighted by atomic mass is 16.4. The third-order valence-electron chi connectivity index (χ3n) is 2.93. The molecule has 0 saturated heterocycles. The van der Waals surface area contributed by atoms with Crippen molar-refractivity contribution in [3.63, 3.8) is 0 Å². The Labute approximate surface area is 117 Å². The lowest BCUT2D eigenvalue weighted by atomic mass is 10.3. The molecule has 0 spiro atoms. The number of hydrogen-bond acceptors (Lipinski definition) is 5. The van der Waals surface area contributed by atoms with Crippen molar-refractivity contribution in [3.05, 3.63) is 24.4 Å². The van der Waals surface area contributed by atoms with Crippen LogP contribution in [-0.4, -0.2) is 46.5 Å². The Kier molecular flexibility index (Phi) is 4.89. The van der Waals surface area contributed by atoms with Gasteiger partial charge in [-0.3, -0.25) is 25.3 Å². The van der Waals surface area contributed by atoms with Crippen molar-refractivity contribution < 1.29 is 14.7 Å². The van der Waals surface area contributed by atoms with E-state index in [0.717, 1.165) is 12.8 Å². The van der Waals surface area contributed by atoms with Gasteiger partial charge in [-0.15, -0.1) is 0 Å². The number of aliphatic carboxylic acids is 1. The fourth-order valence-corrected chi connectivity index (χ4v) is 1.85. The van der Waals surface area contributed by atoms with Gasteiger partial charge in [-0.25, -0.2) is 4.98 Å². The Morgan fingerprint density at radius 2 is 2.15 bits per heavy atom. The summed E-state index contributed by atoms with van der Waals surface area (Å²) in [6, 6.07) is 5.29. The van der Waals surface area contributed by atoms with Gasteiger partial charge in [-0.05, 0) is 30.9 Å². The summed E-state index contributed by atoms with van der Waals surface area (Å²) in [5.74, 6) is -0.132. The van der Waals surface area contributed by atoms with E-state index < -0.39 is 5.97 Å². The second-order valence-electron chi connectivity index (χ2n) is 4.89. The number of carbonyl (C=O) groups excluding carboxylic acids is 1. The number of nitrogens with one attached hydrogen (secondary N) is 2. The third-order valence-corrected chi connectivity index (χ3v) is 2.93. The Hall–Kier alpha value is -2.15. The van der Waals surface area contributed by atoms with Crippen molar-refractivity contribution in [3.8, 4) is 0 Å². The minimum absolute atomic E-state index is 0.0582. The second-order valence-corrected chi connectivity index (χ2v) is 4.89. The Bertz CT molecular complexity index is 462. The molecule has 1 aliphatic carbocycles. The number of carboxylic acid groups (broad SMARTS) is 1. The van der Waals surface area contributed by atoms with Gasteiger partial charge >= 0.3 is 5.97 Å². The molecule has 1 heterocycles. The van der Waals surface area contributed by atoms with Crippen LogP contribution in [0.5, 0.6) is 0 Å². The standard InChI is InChI=1S/C13H18N4O3/c18-12(16-15-11-3-1-2-6-14-11)8-17(9-13(19)20)7-10-4-5-10/h1-3,6,10H,4-5,7-9H2,(H,14,15)(H,16,18)(H,19,20). The largest absolute Gasteiger partial charge is 0.480 e. The maximum absolute atomic E-state index is 11.8. The first kappa shape index (κ1) is 14.3. The number of carbonyl (C=O) groups is 2. The van der Waals surface area contributed by atoms with Crippen LogP contribution in [0.15, 0.2) is 24.4 Å². The molecular weight excluding hydrogens is 260 g/mol. The smallest absolute Gasteiger partial charge is 0.317 e. The number of pyridine rings is 1. The van der Waals surface area contributed by atoms with E-state index in [1.54, 1.807) is 29.3 Å². The summed E-state index contributed by atoms with van der Waals surface area (Å²) in [4.78, 5) is 28.2. The average Bonchev–Trinajstić information content (AvgIpc) is 3.21. The monoisotopic (exact) mass is 278 g/mol. The van der Waals surface area contributed by atoms with Crippen LogP contribution in [0.3, 0.4) is 0 Å². The average molecular weight is 278 g/mol. The van der Waals surface area contributed by atoms with Crippen LogP contribution in [-0.2, 0) is 9.59 Å². The van der Waals surface area contributed by atoms with Crippen molar-refractivity contribution >= 4 is 17.7 Å². The number of carboxylic acids is 1. The van der Waals surface area contributed by atoms with Gasteiger partial charge in [0.05, 0.1) is 13.1 Å². The van der Waals surface area contributed by atoms with Gasteiger partial charge in [0.2, 0.25) is 0 Å². The molecule has 7 heteroatoms. The van der Waals surface area contributed by atoms with Crippen molar-refractivity contribution in [2.75, 3.05) is 25.1 Å². The van der Waals surface area contributed by atoms with Gasteiger partial charge in [-0.1, -0.05) is 6.07 Å². The Morgan fingerprint density at radius 3 is 2.75 bits per heavy atom. The van der Waals surface area contributed by atoms with Crippen molar-refractivity contribution in [2.45, 2.75) is 12.8 Å². The van der Waals surface area contributed by atoms with E-state index in [4.69, 9.17) is 5.11 Å². The molecule has 7 nitrogen and oxygen atoms in total. The molecule has 1 saturated carbocycles. The maximum atomic E-state index is 11.8. The molecule has 0 bridgehead atoms. The van der Waals surface area contributed by atoms with Gasteiger partial charge in [-0.2, -0.15) is 0 Å². The zero-order valence-electron chi connectivity index (χ0n) is 11.1. The van der Waals surface area contributed by atoms with E-state index in [2.05, 4.69) is 15.8 Å². The van der Waals surface area contributed by atoms with E-state index in [1.807, 2.05) is 0 Å². The molecule has 1 aliphatic rings. The molecule has 0 aliphatic heterocycles. The van der Waals surface area contributed by atoms with Crippen LogP contribution >= 0.6 is 0 Å². The first-order valence-electron chi connectivity index (χ1n) is 6.53. The van der Waals surface area contributed by atoms with Gasteiger partial charge < -0.3 is 5.11 Å². The molecule has 1 aromatic heterocycles. The quantitative estimate of drug-likeness (QED) is 0.593. The molecule has 1 amide bonds. The fourth-order valence-electron chi connectivity index (χ4n) is 1.85.